The molecule has 4 heteroatoms. The molecule has 0 atom stereocenters. The number of carbonyl (C=O) groups excluding carboxylic acids is 1. The van der Waals surface area contributed by atoms with Crippen LogP contribution in [0.25, 0.3) is 11.1 Å². The molecule has 0 unspecified atom stereocenters. The smallest absolute Gasteiger partial charge is 0.242 e. The van der Waals surface area contributed by atoms with Crippen molar-refractivity contribution in [3.8, 4) is 16.9 Å². The number of amides is 1. The summed E-state index contributed by atoms with van der Waals surface area (Å²) < 4.78 is 5.46. The second kappa shape index (κ2) is 6.73. The number of rotatable bonds is 5. The van der Waals surface area contributed by atoms with Gasteiger partial charge in [0, 0.05) is 6.92 Å². The monoisotopic (exact) mass is 271 g/mol. The molecule has 0 radical (unpaired) electrons. The summed E-state index contributed by atoms with van der Waals surface area (Å²) in [7, 11) is 0. The summed E-state index contributed by atoms with van der Waals surface area (Å²) in [6, 6.07) is 17.8. The van der Waals surface area contributed by atoms with Gasteiger partial charge in [-0.15, -0.1) is 0 Å². The Morgan fingerprint density at radius 3 is 2.25 bits per heavy atom. The first kappa shape index (κ1) is 14.1. The molecule has 2 rings (SSSR count). The highest BCUT2D eigenvalue weighted by molar-refractivity contribution is 5.71. The van der Waals surface area contributed by atoms with Crippen molar-refractivity contribution in [3.05, 3.63) is 54.6 Å². The van der Waals surface area contributed by atoms with Gasteiger partial charge in [-0.25, -0.2) is 5.06 Å². The van der Waals surface area contributed by atoms with Crippen LogP contribution < -0.4 is 4.74 Å². The van der Waals surface area contributed by atoms with Crippen LogP contribution in [0, 0.1) is 0 Å². The van der Waals surface area contributed by atoms with Gasteiger partial charge in [0.05, 0.1) is 6.54 Å². The van der Waals surface area contributed by atoms with Gasteiger partial charge in [-0.3, -0.25) is 10.0 Å². The zero-order valence-corrected chi connectivity index (χ0v) is 11.3. The van der Waals surface area contributed by atoms with Crippen LogP contribution in [0.15, 0.2) is 54.6 Å². The zero-order chi connectivity index (χ0) is 14.4. The Bertz CT molecular complexity index is 552. The van der Waals surface area contributed by atoms with Crippen molar-refractivity contribution in [2.75, 3.05) is 13.2 Å². The maximum atomic E-state index is 10.8. The van der Waals surface area contributed by atoms with Crippen LogP contribution in [0.1, 0.15) is 6.92 Å². The van der Waals surface area contributed by atoms with Gasteiger partial charge in [0.1, 0.15) is 12.4 Å². The predicted octanol–water partition coefficient (Wildman–Crippen LogP) is 2.97. The van der Waals surface area contributed by atoms with Crippen LogP contribution in [-0.4, -0.2) is 29.3 Å². The highest BCUT2D eigenvalue weighted by Gasteiger charge is 2.04. The van der Waals surface area contributed by atoms with E-state index in [1.54, 1.807) is 0 Å². The lowest BCUT2D eigenvalue weighted by Gasteiger charge is -2.13. The third kappa shape index (κ3) is 3.83. The Balaban J connectivity index is 1.91. The normalized spacial score (nSPS) is 10.1. The van der Waals surface area contributed by atoms with Crippen molar-refractivity contribution in [2.45, 2.75) is 6.92 Å². The first-order valence-electron chi connectivity index (χ1n) is 6.42. The Kier molecular flexibility index (Phi) is 4.74. The first-order valence-corrected chi connectivity index (χ1v) is 6.42. The van der Waals surface area contributed by atoms with Crippen LogP contribution >= 0.6 is 0 Å². The average molecular weight is 271 g/mol. The van der Waals surface area contributed by atoms with E-state index in [2.05, 4.69) is 0 Å². The molecule has 1 amide bonds. The molecule has 0 spiro atoms. The van der Waals surface area contributed by atoms with E-state index < -0.39 is 5.91 Å². The molecule has 20 heavy (non-hydrogen) atoms. The Labute approximate surface area is 118 Å². The fraction of sp³-hybridized carbons (Fsp3) is 0.188. The molecular weight excluding hydrogens is 254 g/mol. The molecule has 2 aromatic carbocycles. The Morgan fingerprint density at radius 2 is 1.65 bits per heavy atom. The number of nitrogens with zero attached hydrogens (tertiary/aromatic N) is 1. The first-order chi connectivity index (χ1) is 9.66. The molecule has 0 saturated heterocycles. The van der Waals surface area contributed by atoms with Crippen LogP contribution in [0.2, 0.25) is 0 Å². The molecule has 0 fully saturated rings. The largest absolute Gasteiger partial charge is 0.492 e. The average Bonchev–Trinajstić information content (AvgIpc) is 2.48. The van der Waals surface area contributed by atoms with Crippen LogP contribution in [0.4, 0.5) is 0 Å². The van der Waals surface area contributed by atoms with Gasteiger partial charge >= 0.3 is 0 Å². The minimum absolute atomic E-state index is 0.149. The van der Waals surface area contributed by atoms with Crippen molar-refractivity contribution >= 4 is 5.91 Å². The van der Waals surface area contributed by atoms with Crippen molar-refractivity contribution in [3.63, 3.8) is 0 Å². The topological polar surface area (TPSA) is 49.8 Å². The summed E-state index contributed by atoms with van der Waals surface area (Å²) in [5.74, 6) is 0.314. The lowest BCUT2D eigenvalue weighted by atomic mass is 10.1. The number of hydroxylamine groups is 2. The molecule has 0 aliphatic carbocycles. The summed E-state index contributed by atoms with van der Waals surface area (Å²) in [5.41, 5.74) is 2.27. The molecule has 104 valence electrons. The molecular formula is C16H17NO3. The molecule has 0 aliphatic rings. The molecule has 0 saturated carbocycles. The van der Waals surface area contributed by atoms with Crippen LogP contribution in [0.5, 0.6) is 5.75 Å². The summed E-state index contributed by atoms with van der Waals surface area (Å²) in [6.07, 6.45) is 0. The van der Waals surface area contributed by atoms with Gasteiger partial charge in [0.15, 0.2) is 0 Å². The third-order valence-corrected chi connectivity index (χ3v) is 2.90. The van der Waals surface area contributed by atoms with E-state index >= 15 is 0 Å². The SMILES string of the molecule is CC(=O)N(O)CCOc1ccc(-c2ccccc2)cc1. The van der Waals surface area contributed by atoms with Gasteiger partial charge in [-0.05, 0) is 23.3 Å². The minimum atomic E-state index is -0.395. The quantitative estimate of drug-likeness (QED) is 0.672. The molecule has 0 heterocycles. The van der Waals surface area contributed by atoms with Gasteiger partial charge in [-0.2, -0.15) is 0 Å². The summed E-state index contributed by atoms with van der Waals surface area (Å²) in [6.45, 7) is 1.70. The van der Waals surface area contributed by atoms with Gasteiger partial charge < -0.3 is 4.74 Å². The number of hydrogen-bond donors (Lipinski definition) is 1. The highest BCUT2D eigenvalue weighted by atomic mass is 16.5. The number of ether oxygens (including phenoxy) is 1. The fourth-order valence-electron chi connectivity index (χ4n) is 1.78. The summed E-state index contributed by atoms with van der Waals surface area (Å²) in [4.78, 5) is 10.8. The lowest BCUT2D eigenvalue weighted by Crippen LogP contribution is -2.29. The van der Waals surface area contributed by atoms with Crippen molar-refractivity contribution in [1.82, 2.24) is 5.06 Å². The summed E-state index contributed by atoms with van der Waals surface area (Å²) in [5, 5.41) is 9.84. The Hall–Kier alpha value is -2.33. The fourth-order valence-corrected chi connectivity index (χ4v) is 1.78. The highest BCUT2D eigenvalue weighted by Crippen LogP contribution is 2.21. The zero-order valence-electron chi connectivity index (χ0n) is 11.3. The second-order valence-electron chi connectivity index (χ2n) is 4.38. The predicted molar refractivity (Wildman–Crippen MR) is 76.5 cm³/mol. The van der Waals surface area contributed by atoms with E-state index in [9.17, 15) is 10.0 Å². The maximum absolute atomic E-state index is 10.8. The van der Waals surface area contributed by atoms with E-state index in [4.69, 9.17) is 4.74 Å². The summed E-state index contributed by atoms with van der Waals surface area (Å²) >= 11 is 0. The van der Waals surface area contributed by atoms with Gasteiger partial charge in [-0.1, -0.05) is 42.5 Å². The van der Waals surface area contributed by atoms with Gasteiger partial charge in [0.25, 0.3) is 0 Å². The number of carbonyl (C=O) groups is 1. The van der Waals surface area contributed by atoms with Crippen molar-refractivity contribution in [1.29, 1.82) is 0 Å². The number of benzene rings is 2. The standard InChI is InChI=1S/C16H17NO3/c1-13(18)17(19)11-12-20-16-9-7-15(8-10-16)14-5-3-2-4-6-14/h2-10,19H,11-12H2,1H3. The minimum Gasteiger partial charge on any atom is -0.492 e. The van der Waals surface area contributed by atoms with E-state index in [1.165, 1.54) is 6.92 Å². The second-order valence-corrected chi connectivity index (χ2v) is 4.38. The van der Waals surface area contributed by atoms with E-state index in [-0.39, 0.29) is 13.2 Å². The van der Waals surface area contributed by atoms with Gasteiger partial charge in [0.2, 0.25) is 5.91 Å². The van der Waals surface area contributed by atoms with Crippen molar-refractivity contribution in [2.24, 2.45) is 0 Å². The molecule has 1 N–H and O–H groups in total. The van der Waals surface area contributed by atoms with E-state index in [0.29, 0.717) is 10.8 Å². The Morgan fingerprint density at radius 1 is 1.05 bits per heavy atom. The molecule has 4 nitrogen and oxygen atoms in total. The lowest BCUT2D eigenvalue weighted by molar-refractivity contribution is -0.163. The maximum Gasteiger partial charge on any atom is 0.242 e. The van der Waals surface area contributed by atoms with Crippen LogP contribution in [0.3, 0.4) is 0 Å². The molecule has 2 aromatic rings. The third-order valence-electron chi connectivity index (χ3n) is 2.90. The van der Waals surface area contributed by atoms with Crippen molar-refractivity contribution < 1.29 is 14.7 Å². The van der Waals surface area contributed by atoms with E-state index in [1.807, 2.05) is 54.6 Å². The number of hydrogen-bond acceptors (Lipinski definition) is 3. The molecule has 0 aromatic heterocycles. The van der Waals surface area contributed by atoms with E-state index in [0.717, 1.165) is 11.1 Å². The molecule has 0 aliphatic heterocycles. The van der Waals surface area contributed by atoms with Crippen LogP contribution in [-0.2, 0) is 4.79 Å². The molecule has 0 bridgehead atoms.